The van der Waals surface area contributed by atoms with E-state index >= 15 is 0 Å². The van der Waals surface area contributed by atoms with Gasteiger partial charge in [-0.1, -0.05) is 0 Å². The molecule has 3 heterocycles. The van der Waals surface area contributed by atoms with Gasteiger partial charge < -0.3 is 19.4 Å². The lowest BCUT2D eigenvalue weighted by Gasteiger charge is -2.28. The highest BCUT2D eigenvalue weighted by Crippen LogP contribution is 2.29. The van der Waals surface area contributed by atoms with Crippen molar-refractivity contribution in [1.82, 2.24) is 10.3 Å². The van der Waals surface area contributed by atoms with Crippen LogP contribution in [0.15, 0.2) is 10.7 Å². The third kappa shape index (κ3) is 2.52. The van der Waals surface area contributed by atoms with Gasteiger partial charge in [-0.15, -0.1) is 0 Å². The van der Waals surface area contributed by atoms with E-state index in [4.69, 9.17) is 9.15 Å². The number of anilines is 1. The standard InChI is InChI=1S/C14H21N3O3/c1-2-19-13(18)11-9-20-14(16-11)17-8-4-6-12(17)10-5-3-7-15-10/h9-10,12,15H,2-8H2,1H3. The average molecular weight is 279 g/mol. The molecule has 2 aliphatic rings. The smallest absolute Gasteiger partial charge is 0.360 e. The van der Waals surface area contributed by atoms with Crippen LogP contribution in [0.3, 0.4) is 0 Å². The van der Waals surface area contributed by atoms with Gasteiger partial charge in [0.25, 0.3) is 6.01 Å². The summed E-state index contributed by atoms with van der Waals surface area (Å²) in [5, 5.41) is 3.55. The predicted octanol–water partition coefficient (Wildman–Crippen LogP) is 1.57. The van der Waals surface area contributed by atoms with Crippen molar-refractivity contribution in [3.8, 4) is 0 Å². The Morgan fingerprint density at radius 3 is 3.20 bits per heavy atom. The minimum absolute atomic E-state index is 0.256. The molecule has 0 spiro atoms. The van der Waals surface area contributed by atoms with Gasteiger partial charge in [-0.05, 0) is 39.2 Å². The Bertz CT molecular complexity index is 468. The van der Waals surface area contributed by atoms with Crippen LogP contribution in [0.5, 0.6) is 0 Å². The number of esters is 1. The van der Waals surface area contributed by atoms with E-state index in [1.54, 1.807) is 6.92 Å². The average Bonchev–Trinajstić information content (AvgIpc) is 3.19. The molecule has 0 bridgehead atoms. The summed E-state index contributed by atoms with van der Waals surface area (Å²) in [6.45, 7) is 4.15. The van der Waals surface area contributed by atoms with E-state index in [2.05, 4.69) is 15.2 Å². The molecule has 1 N–H and O–H groups in total. The van der Waals surface area contributed by atoms with Crippen molar-refractivity contribution in [1.29, 1.82) is 0 Å². The summed E-state index contributed by atoms with van der Waals surface area (Å²) in [4.78, 5) is 18.1. The number of carbonyl (C=O) groups is 1. The summed E-state index contributed by atoms with van der Waals surface area (Å²) >= 11 is 0. The summed E-state index contributed by atoms with van der Waals surface area (Å²) < 4.78 is 10.4. The van der Waals surface area contributed by atoms with E-state index in [0.717, 1.165) is 25.9 Å². The number of nitrogens with one attached hydrogen (secondary N) is 1. The van der Waals surface area contributed by atoms with Crippen LogP contribution in [-0.4, -0.2) is 42.7 Å². The Balaban J connectivity index is 1.72. The number of hydrogen-bond acceptors (Lipinski definition) is 6. The molecule has 2 aliphatic heterocycles. The Labute approximate surface area is 118 Å². The zero-order valence-corrected chi connectivity index (χ0v) is 11.8. The quantitative estimate of drug-likeness (QED) is 0.844. The van der Waals surface area contributed by atoms with Crippen molar-refractivity contribution in [2.45, 2.75) is 44.7 Å². The third-order valence-corrected chi connectivity index (χ3v) is 4.08. The molecule has 0 aliphatic carbocycles. The first kappa shape index (κ1) is 13.4. The highest BCUT2D eigenvalue weighted by molar-refractivity contribution is 5.87. The monoisotopic (exact) mass is 279 g/mol. The SMILES string of the molecule is CCOC(=O)c1coc(N2CCCC2C2CCCN2)n1. The molecule has 0 aromatic carbocycles. The minimum Gasteiger partial charge on any atom is -0.461 e. The van der Waals surface area contributed by atoms with Crippen LogP contribution in [-0.2, 0) is 4.74 Å². The normalized spacial score (nSPS) is 26.1. The van der Waals surface area contributed by atoms with Gasteiger partial charge in [0.15, 0.2) is 5.69 Å². The molecule has 1 aromatic rings. The van der Waals surface area contributed by atoms with Gasteiger partial charge in [0, 0.05) is 18.6 Å². The maximum absolute atomic E-state index is 11.6. The predicted molar refractivity (Wildman–Crippen MR) is 73.9 cm³/mol. The fraction of sp³-hybridized carbons (Fsp3) is 0.714. The van der Waals surface area contributed by atoms with E-state index < -0.39 is 5.97 Å². The molecule has 6 nitrogen and oxygen atoms in total. The van der Waals surface area contributed by atoms with Crippen LogP contribution in [0.4, 0.5) is 6.01 Å². The highest BCUT2D eigenvalue weighted by atomic mass is 16.5. The van der Waals surface area contributed by atoms with E-state index in [0.29, 0.717) is 24.7 Å². The molecule has 110 valence electrons. The lowest BCUT2D eigenvalue weighted by molar-refractivity contribution is 0.0519. The third-order valence-electron chi connectivity index (χ3n) is 4.08. The number of aromatic nitrogens is 1. The Morgan fingerprint density at radius 1 is 1.55 bits per heavy atom. The Morgan fingerprint density at radius 2 is 2.45 bits per heavy atom. The van der Waals surface area contributed by atoms with Gasteiger partial charge in [0.1, 0.15) is 6.26 Å². The summed E-state index contributed by atoms with van der Waals surface area (Å²) in [6, 6.07) is 1.48. The van der Waals surface area contributed by atoms with Gasteiger partial charge in [0.05, 0.1) is 6.61 Å². The summed E-state index contributed by atoms with van der Waals surface area (Å²) in [5.74, 6) is -0.419. The molecule has 2 saturated heterocycles. The number of oxazole rings is 1. The molecule has 2 atom stereocenters. The molecule has 20 heavy (non-hydrogen) atoms. The summed E-state index contributed by atoms with van der Waals surface area (Å²) in [5.41, 5.74) is 0.256. The fourth-order valence-corrected chi connectivity index (χ4v) is 3.18. The van der Waals surface area contributed by atoms with Gasteiger partial charge in [-0.2, -0.15) is 4.98 Å². The van der Waals surface area contributed by atoms with Crippen LogP contribution < -0.4 is 10.2 Å². The van der Waals surface area contributed by atoms with E-state index in [1.807, 2.05) is 0 Å². The molecule has 3 rings (SSSR count). The molecule has 0 amide bonds. The lowest BCUT2D eigenvalue weighted by atomic mass is 10.0. The van der Waals surface area contributed by atoms with Crippen LogP contribution >= 0.6 is 0 Å². The van der Waals surface area contributed by atoms with E-state index in [9.17, 15) is 4.79 Å². The van der Waals surface area contributed by atoms with Gasteiger partial charge in [-0.3, -0.25) is 0 Å². The second-order valence-electron chi connectivity index (χ2n) is 5.34. The van der Waals surface area contributed by atoms with Crippen molar-refractivity contribution in [3.63, 3.8) is 0 Å². The van der Waals surface area contributed by atoms with Crippen molar-refractivity contribution in [2.75, 3.05) is 24.6 Å². The first-order chi connectivity index (χ1) is 9.79. The van der Waals surface area contributed by atoms with E-state index in [-0.39, 0.29) is 5.69 Å². The Kier molecular flexibility index (Phi) is 3.91. The second kappa shape index (κ2) is 5.83. The number of hydrogen-bond donors (Lipinski definition) is 1. The first-order valence-corrected chi connectivity index (χ1v) is 7.42. The molecule has 6 heteroatoms. The fourth-order valence-electron chi connectivity index (χ4n) is 3.18. The first-order valence-electron chi connectivity index (χ1n) is 7.42. The maximum Gasteiger partial charge on any atom is 0.360 e. The van der Waals surface area contributed by atoms with Crippen molar-refractivity contribution < 1.29 is 13.9 Å². The molecule has 0 radical (unpaired) electrons. The largest absolute Gasteiger partial charge is 0.461 e. The zero-order chi connectivity index (χ0) is 13.9. The van der Waals surface area contributed by atoms with Gasteiger partial charge in [0.2, 0.25) is 0 Å². The van der Waals surface area contributed by atoms with E-state index in [1.165, 1.54) is 19.1 Å². The Hall–Kier alpha value is -1.56. The summed E-state index contributed by atoms with van der Waals surface area (Å²) in [7, 11) is 0. The van der Waals surface area contributed by atoms with Crippen LogP contribution in [0.1, 0.15) is 43.1 Å². The van der Waals surface area contributed by atoms with Gasteiger partial charge in [-0.25, -0.2) is 4.79 Å². The van der Waals surface area contributed by atoms with Crippen LogP contribution in [0.25, 0.3) is 0 Å². The number of ether oxygens (including phenoxy) is 1. The molecule has 0 saturated carbocycles. The second-order valence-corrected chi connectivity index (χ2v) is 5.34. The molecular weight excluding hydrogens is 258 g/mol. The molecule has 2 unspecified atom stereocenters. The highest BCUT2D eigenvalue weighted by Gasteiger charge is 2.35. The molecular formula is C14H21N3O3. The van der Waals surface area contributed by atoms with Crippen molar-refractivity contribution in [2.24, 2.45) is 0 Å². The summed E-state index contributed by atoms with van der Waals surface area (Å²) in [6.07, 6.45) is 6.11. The molecule has 1 aromatic heterocycles. The van der Waals surface area contributed by atoms with Crippen molar-refractivity contribution in [3.05, 3.63) is 12.0 Å². The van der Waals surface area contributed by atoms with Crippen LogP contribution in [0.2, 0.25) is 0 Å². The number of nitrogens with zero attached hydrogens (tertiary/aromatic N) is 2. The topological polar surface area (TPSA) is 67.6 Å². The minimum atomic E-state index is -0.419. The van der Waals surface area contributed by atoms with Gasteiger partial charge >= 0.3 is 5.97 Å². The van der Waals surface area contributed by atoms with Crippen molar-refractivity contribution >= 4 is 12.0 Å². The number of rotatable bonds is 4. The zero-order valence-electron chi connectivity index (χ0n) is 11.8. The lowest BCUT2D eigenvalue weighted by Crippen LogP contribution is -2.44. The maximum atomic E-state index is 11.6. The van der Waals surface area contributed by atoms with Crippen LogP contribution in [0, 0.1) is 0 Å². The number of carbonyl (C=O) groups excluding carboxylic acids is 1. The molecule has 2 fully saturated rings.